The van der Waals surface area contributed by atoms with Crippen LogP contribution in [0.1, 0.15) is 18.9 Å². The quantitative estimate of drug-likeness (QED) is 0.782. The van der Waals surface area contributed by atoms with E-state index in [1.807, 2.05) is 6.92 Å². The van der Waals surface area contributed by atoms with Gasteiger partial charge in [-0.2, -0.15) is 0 Å². The summed E-state index contributed by atoms with van der Waals surface area (Å²) in [5.74, 6) is -0.824. The van der Waals surface area contributed by atoms with Crippen molar-refractivity contribution in [1.82, 2.24) is 4.31 Å². The van der Waals surface area contributed by atoms with Crippen LogP contribution in [0.2, 0.25) is 5.02 Å². The number of rotatable bonds is 5. The Morgan fingerprint density at radius 2 is 2.00 bits per heavy atom. The molecule has 1 rings (SSSR count). The highest BCUT2D eigenvalue weighted by molar-refractivity contribution is 7.89. The third kappa shape index (κ3) is 3.15. The second-order valence-electron chi connectivity index (χ2n) is 3.84. The first-order valence-corrected chi connectivity index (χ1v) is 7.70. The summed E-state index contributed by atoms with van der Waals surface area (Å²) in [5.41, 5.74) is 0.266. The molecule has 0 fully saturated rings. The summed E-state index contributed by atoms with van der Waals surface area (Å²) >= 11 is 11.3. The molecule has 1 aromatic carbocycles. The molecule has 0 heterocycles. The summed E-state index contributed by atoms with van der Waals surface area (Å²) in [5, 5.41) is -0.137. The fourth-order valence-corrected chi connectivity index (χ4v) is 3.26. The van der Waals surface area contributed by atoms with Gasteiger partial charge in [-0.25, -0.2) is 17.1 Å². The van der Waals surface area contributed by atoms with Crippen LogP contribution < -0.4 is 0 Å². The van der Waals surface area contributed by atoms with Gasteiger partial charge in [0.2, 0.25) is 10.0 Å². The number of hydrogen-bond acceptors (Lipinski definition) is 2. The van der Waals surface area contributed by atoms with Crippen LogP contribution in [0.3, 0.4) is 0 Å². The molecule has 7 heteroatoms. The normalized spacial score (nSPS) is 12.1. The average molecular weight is 314 g/mol. The van der Waals surface area contributed by atoms with E-state index in [-0.39, 0.29) is 21.4 Å². The van der Waals surface area contributed by atoms with Gasteiger partial charge in [0.25, 0.3) is 0 Å². The van der Waals surface area contributed by atoms with Gasteiger partial charge in [-0.05, 0) is 24.1 Å². The lowest BCUT2D eigenvalue weighted by molar-refractivity contribution is 0.467. The van der Waals surface area contributed by atoms with Crippen molar-refractivity contribution in [2.75, 3.05) is 13.6 Å². The van der Waals surface area contributed by atoms with Crippen molar-refractivity contribution in [3.63, 3.8) is 0 Å². The highest BCUT2D eigenvalue weighted by Gasteiger charge is 2.22. The molecule has 18 heavy (non-hydrogen) atoms. The maximum absolute atomic E-state index is 13.5. The van der Waals surface area contributed by atoms with Gasteiger partial charge in [-0.1, -0.05) is 18.5 Å². The van der Waals surface area contributed by atoms with Crippen molar-refractivity contribution < 1.29 is 12.8 Å². The van der Waals surface area contributed by atoms with Crippen LogP contribution >= 0.6 is 23.2 Å². The van der Waals surface area contributed by atoms with E-state index in [0.29, 0.717) is 13.0 Å². The number of alkyl halides is 1. The van der Waals surface area contributed by atoms with E-state index in [2.05, 4.69) is 0 Å². The van der Waals surface area contributed by atoms with E-state index < -0.39 is 15.8 Å². The monoisotopic (exact) mass is 313 g/mol. The minimum atomic E-state index is -3.70. The molecule has 0 aromatic heterocycles. The van der Waals surface area contributed by atoms with Gasteiger partial charge >= 0.3 is 0 Å². The lowest BCUT2D eigenvalue weighted by Crippen LogP contribution is -2.27. The predicted octanol–water partition coefficient (Wildman–Crippen LogP) is 3.25. The van der Waals surface area contributed by atoms with Crippen molar-refractivity contribution in [2.45, 2.75) is 24.1 Å². The first kappa shape index (κ1) is 15.7. The van der Waals surface area contributed by atoms with E-state index in [9.17, 15) is 12.8 Å². The Morgan fingerprint density at radius 3 is 2.50 bits per heavy atom. The van der Waals surface area contributed by atoms with Gasteiger partial charge in [0.05, 0.1) is 9.92 Å². The molecule has 0 aliphatic heterocycles. The Balaban J connectivity index is 3.29. The summed E-state index contributed by atoms with van der Waals surface area (Å²) < 4.78 is 39.0. The highest BCUT2D eigenvalue weighted by atomic mass is 35.5. The molecule has 0 bridgehead atoms. The van der Waals surface area contributed by atoms with Crippen molar-refractivity contribution in [2.24, 2.45) is 0 Å². The fraction of sp³-hybridized carbons (Fsp3) is 0.455. The number of benzene rings is 1. The minimum Gasteiger partial charge on any atom is -0.207 e. The molecule has 3 nitrogen and oxygen atoms in total. The average Bonchev–Trinajstić information content (AvgIpc) is 2.32. The number of hydrogen-bond donors (Lipinski definition) is 0. The zero-order valence-corrected chi connectivity index (χ0v) is 12.4. The molecule has 0 saturated carbocycles. The molecule has 102 valence electrons. The SMILES string of the molecule is CCCN(C)S(=O)(=O)c1cc(F)c(Cl)c(CCl)c1. The zero-order chi connectivity index (χ0) is 13.9. The van der Waals surface area contributed by atoms with Gasteiger partial charge in [-0.3, -0.25) is 0 Å². The van der Waals surface area contributed by atoms with E-state index >= 15 is 0 Å². The number of sulfonamides is 1. The van der Waals surface area contributed by atoms with Crippen LogP contribution in [0.25, 0.3) is 0 Å². The van der Waals surface area contributed by atoms with Crippen molar-refractivity contribution in [3.8, 4) is 0 Å². The zero-order valence-electron chi connectivity index (χ0n) is 10.1. The largest absolute Gasteiger partial charge is 0.242 e. The van der Waals surface area contributed by atoms with Crippen LogP contribution in [0, 0.1) is 5.82 Å². The van der Waals surface area contributed by atoms with Crippen LogP contribution in [-0.4, -0.2) is 26.3 Å². The van der Waals surface area contributed by atoms with Gasteiger partial charge in [-0.15, -0.1) is 11.6 Å². The maximum atomic E-state index is 13.5. The maximum Gasteiger partial charge on any atom is 0.242 e. The lowest BCUT2D eigenvalue weighted by Gasteiger charge is -2.17. The second-order valence-corrected chi connectivity index (χ2v) is 6.53. The molecule has 0 atom stereocenters. The highest BCUT2D eigenvalue weighted by Crippen LogP contribution is 2.27. The van der Waals surface area contributed by atoms with E-state index in [0.717, 1.165) is 6.07 Å². The van der Waals surface area contributed by atoms with Gasteiger partial charge in [0.15, 0.2) is 0 Å². The first-order valence-electron chi connectivity index (χ1n) is 5.34. The van der Waals surface area contributed by atoms with Crippen LogP contribution in [0.5, 0.6) is 0 Å². The molecule has 0 radical (unpaired) electrons. The van der Waals surface area contributed by atoms with Crippen LogP contribution in [-0.2, 0) is 15.9 Å². The Hall–Kier alpha value is -0.360. The second kappa shape index (κ2) is 6.19. The Bertz CT molecular complexity index is 534. The molecular formula is C11H14Cl2FNO2S. The van der Waals surface area contributed by atoms with E-state index in [4.69, 9.17) is 23.2 Å². The fourth-order valence-electron chi connectivity index (χ4n) is 1.48. The molecule has 0 aliphatic rings. The molecular weight excluding hydrogens is 300 g/mol. The molecule has 0 unspecified atom stereocenters. The molecule has 0 amide bonds. The third-order valence-electron chi connectivity index (χ3n) is 2.47. The summed E-state index contributed by atoms with van der Waals surface area (Å²) in [4.78, 5) is -0.129. The van der Waals surface area contributed by atoms with Crippen LogP contribution in [0.4, 0.5) is 4.39 Å². The Morgan fingerprint density at radius 1 is 1.39 bits per heavy atom. The van der Waals surface area contributed by atoms with Gasteiger partial charge in [0, 0.05) is 19.5 Å². The molecule has 0 spiro atoms. The Kier molecular flexibility index (Phi) is 5.40. The Labute approximate surface area is 117 Å². The van der Waals surface area contributed by atoms with Gasteiger partial charge in [0.1, 0.15) is 5.82 Å². The molecule has 0 saturated heterocycles. The van der Waals surface area contributed by atoms with E-state index in [1.165, 1.54) is 17.4 Å². The van der Waals surface area contributed by atoms with Gasteiger partial charge < -0.3 is 0 Å². The smallest absolute Gasteiger partial charge is 0.207 e. The molecule has 0 N–H and O–H groups in total. The summed E-state index contributed by atoms with van der Waals surface area (Å²) in [7, 11) is -2.25. The predicted molar refractivity (Wildman–Crippen MR) is 71.1 cm³/mol. The number of nitrogens with zero attached hydrogens (tertiary/aromatic N) is 1. The summed E-state index contributed by atoms with van der Waals surface area (Å²) in [6.45, 7) is 2.22. The van der Waals surface area contributed by atoms with Crippen molar-refractivity contribution in [3.05, 3.63) is 28.5 Å². The summed E-state index contributed by atoms with van der Waals surface area (Å²) in [6.07, 6.45) is 0.675. The van der Waals surface area contributed by atoms with Crippen molar-refractivity contribution >= 4 is 33.2 Å². The van der Waals surface area contributed by atoms with Crippen molar-refractivity contribution in [1.29, 1.82) is 0 Å². The molecule has 0 aliphatic carbocycles. The number of halogens is 3. The van der Waals surface area contributed by atoms with E-state index in [1.54, 1.807) is 0 Å². The third-order valence-corrected chi connectivity index (χ3v) is 5.01. The lowest BCUT2D eigenvalue weighted by atomic mass is 10.2. The standard InChI is InChI=1S/C11H14Cl2FNO2S/c1-3-4-15(2)18(16,17)9-5-8(7-12)11(13)10(14)6-9/h5-6H,3-4,7H2,1-2H3. The van der Waals surface area contributed by atoms with Crippen LogP contribution in [0.15, 0.2) is 17.0 Å². The first-order chi connectivity index (χ1) is 8.34. The minimum absolute atomic E-state index is 0.0450. The summed E-state index contributed by atoms with van der Waals surface area (Å²) in [6, 6.07) is 2.22. The topological polar surface area (TPSA) is 37.4 Å². The molecule has 1 aromatic rings.